The molecule has 1 heterocycles. The van der Waals surface area contributed by atoms with Crippen LogP contribution in [0.25, 0.3) is 5.69 Å². The van der Waals surface area contributed by atoms with Crippen LogP contribution < -0.4 is 5.56 Å². The van der Waals surface area contributed by atoms with Crippen molar-refractivity contribution in [1.82, 2.24) is 9.55 Å². The van der Waals surface area contributed by atoms with Crippen LogP contribution in [0.1, 0.15) is 16.8 Å². The third-order valence-electron chi connectivity index (χ3n) is 3.03. The molecule has 2 rings (SSSR count). The van der Waals surface area contributed by atoms with E-state index in [0.29, 0.717) is 11.4 Å². The number of carboxylic acids is 1. The average Bonchev–Trinajstić information content (AvgIpc) is 2.36. The predicted octanol–water partition coefficient (Wildman–Crippen LogP) is 2.14. The molecule has 104 valence electrons. The van der Waals surface area contributed by atoms with Crippen molar-refractivity contribution in [1.29, 1.82) is 0 Å². The summed E-state index contributed by atoms with van der Waals surface area (Å²) in [5, 5.41) is 8.89. The van der Waals surface area contributed by atoms with Crippen LogP contribution in [0.2, 0.25) is 0 Å². The Morgan fingerprint density at radius 3 is 2.45 bits per heavy atom. The van der Waals surface area contributed by atoms with Crippen LogP contribution in [0, 0.1) is 18.6 Å². The minimum Gasteiger partial charge on any atom is -0.481 e. The van der Waals surface area contributed by atoms with Gasteiger partial charge in [-0.1, -0.05) is 17.7 Å². The zero-order valence-electron chi connectivity index (χ0n) is 11.1. The van der Waals surface area contributed by atoms with Gasteiger partial charge in [0.25, 0.3) is 5.56 Å². The van der Waals surface area contributed by atoms with E-state index in [0.717, 1.165) is 5.56 Å². The normalized spacial score (nSPS) is 10.5. The van der Waals surface area contributed by atoms with Gasteiger partial charge >= 0.3 is 5.97 Å². The molecule has 0 bridgehead atoms. The first kappa shape index (κ1) is 14.2. The van der Waals surface area contributed by atoms with Gasteiger partial charge in [-0.15, -0.1) is 0 Å². The van der Waals surface area contributed by atoms with Crippen LogP contribution in [0.15, 0.2) is 29.1 Å². The second kappa shape index (κ2) is 5.42. The van der Waals surface area contributed by atoms with Crippen molar-refractivity contribution in [3.63, 3.8) is 0 Å². The third-order valence-corrected chi connectivity index (χ3v) is 3.32. The first-order valence-electron chi connectivity index (χ1n) is 6.04. The van der Waals surface area contributed by atoms with Gasteiger partial charge in [-0.3, -0.25) is 14.2 Å². The average molecular weight is 290 g/mol. The molecule has 0 fully saturated rings. The van der Waals surface area contributed by atoms with Gasteiger partial charge in [0.2, 0.25) is 0 Å². The topological polar surface area (TPSA) is 75.1 Å². The van der Waals surface area contributed by atoms with Gasteiger partial charge in [0.05, 0.1) is 12.1 Å². The number of hydrogen-bond acceptors (Lipinski definition) is 3. The standard InChI is InChI=1S/C14H14N2O3S/c1-8-3-5-10(6-4-8)16-13(19)11(7-12(17)18)9(2)15-14(16)20/h3-6H,7H2,1-2H3,(H,15,20)(H,17,18). The highest BCUT2D eigenvalue weighted by atomic mass is 32.1. The van der Waals surface area contributed by atoms with Crippen molar-refractivity contribution in [3.8, 4) is 5.69 Å². The van der Waals surface area contributed by atoms with E-state index in [9.17, 15) is 9.59 Å². The van der Waals surface area contributed by atoms with Gasteiger partial charge in [-0.25, -0.2) is 0 Å². The highest BCUT2D eigenvalue weighted by molar-refractivity contribution is 7.71. The monoisotopic (exact) mass is 290 g/mol. The molecule has 0 aliphatic rings. The van der Waals surface area contributed by atoms with Crippen LogP contribution in [-0.4, -0.2) is 20.6 Å². The van der Waals surface area contributed by atoms with Crippen molar-refractivity contribution in [2.45, 2.75) is 20.3 Å². The van der Waals surface area contributed by atoms with E-state index in [4.69, 9.17) is 17.3 Å². The summed E-state index contributed by atoms with van der Waals surface area (Å²) < 4.78 is 1.57. The molecule has 6 heteroatoms. The van der Waals surface area contributed by atoms with E-state index in [-0.39, 0.29) is 16.8 Å². The van der Waals surface area contributed by atoms with Crippen LogP contribution >= 0.6 is 12.2 Å². The number of aryl methyl sites for hydroxylation is 2. The predicted molar refractivity (Wildman–Crippen MR) is 78.0 cm³/mol. The lowest BCUT2D eigenvalue weighted by molar-refractivity contribution is -0.136. The van der Waals surface area contributed by atoms with Crippen molar-refractivity contribution in [3.05, 3.63) is 56.2 Å². The molecule has 0 saturated heterocycles. The summed E-state index contributed by atoms with van der Waals surface area (Å²) in [5.41, 5.74) is 2.00. The maximum atomic E-state index is 12.4. The highest BCUT2D eigenvalue weighted by Gasteiger charge is 2.13. The number of nitrogens with one attached hydrogen (secondary N) is 1. The van der Waals surface area contributed by atoms with E-state index in [2.05, 4.69) is 4.98 Å². The van der Waals surface area contributed by atoms with Gasteiger partial charge in [0.1, 0.15) is 0 Å². The molecule has 0 amide bonds. The van der Waals surface area contributed by atoms with Crippen molar-refractivity contribution in [2.75, 3.05) is 0 Å². The second-order valence-corrected chi connectivity index (χ2v) is 4.97. The number of aromatic amines is 1. The van der Waals surface area contributed by atoms with Gasteiger partial charge in [-0.2, -0.15) is 0 Å². The lowest BCUT2D eigenvalue weighted by Gasteiger charge is -2.10. The van der Waals surface area contributed by atoms with E-state index in [1.54, 1.807) is 19.1 Å². The lowest BCUT2D eigenvalue weighted by Crippen LogP contribution is -2.27. The molecule has 2 N–H and O–H groups in total. The summed E-state index contributed by atoms with van der Waals surface area (Å²) in [4.78, 5) is 26.2. The zero-order valence-corrected chi connectivity index (χ0v) is 12.0. The Morgan fingerprint density at radius 2 is 1.90 bits per heavy atom. The Kier molecular flexibility index (Phi) is 3.85. The molecule has 2 aromatic rings. The second-order valence-electron chi connectivity index (χ2n) is 4.58. The summed E-state index contributed by atoms with van der Waals surface area (Å²) in [5.74, 6) is -1.05. The Labute approximate surface area is 120 Å². The molecule has 0 atom stereocenters. The first-order valence-corrected chi connectivity index (χ1v) is 6.44. The highest BCUT2D eigenvalue weighted by Crippen LogP contribution is 2.09. The molecule has 0 saturated carbocycles. The van der Waals surface area contributed by atoms with Crippen LogP contribution in [0.5, 0.6) is 0 Å². The van der Waals surface area contributed by atoms with Gasteiger partial charge in [0, 0.05) is 11.3 Å². The van der Waals surface area contributed by atoms with E-state index in [1.807, 2.05) is 19.1 Å². The quantitative estimate of drug-likeness (QED) is 0.849. The maximum absolute atomic E-state index is 12.4. The molecule has 1 aromatic carbocycles. The summed E-state index contributed by atoms with van der Waals surface area (Å²) >= 11 is 5.18. The Morgan fingerprint density at radius 1 is 1.30 bits per heavy atom. The third kappa shape index (κ3) is 2.70. The molecular weight excluding hydrogens is 276 g/mol. The fraction of sp³-hybridized carbons (Fsp3) is 0.214. The van der Waals surface area contributed by atoms with Crippen LogP contribution in [0.3, 0.4) is 0 Å². The molecule has 0 spiro atoms. The van der Waals surface area contributed by atoms with Crippen molar-refractivity contribution in [2.24, 2.45) is 0 Å². The van der Waals surface area contributed by atoms with Crippen LogP contribution in [0.4, 0.5) is 0 Å². The van der Waals surface area contributed by atoms with Gasteiger partial charge in [-0.05, 0) is 38.2 Å². The number of rotatable bonds is 3. The Hall–Kier alpha value is -2.21. The smallest absolute Gasteiger partial charge is 0.308 e. The van der Waals surface area contributed by atoms with E-state index < -0.39 is 11.5 Å². The fourth-order valence-corrected chi connectivity index (χ4v) is 2.31. The van der Waals surface area contributed by atoms with E-state index >= 15 is 0 Å². The molecule has 1 aromatic heterocycles. The number of hydrogen-bond donors (Lipinski definition) is 2. The Balaban J connectivity index is 2.70. The minimum absolute atomic E-state index is 0.215. The zero-order chi connectivity index (χ0) is 14.9. The minimum atomic E-state index is -1.05. The molecule has 0 radical (unpaired) electrons. The number of nitrogens with zero attached hydrogens (tertiary/aromatic N) is 1. The van der Waals surface area contributed by atoms with Gasteiger partial charge in [0.15, 0.2) is 4.77 Å². The lowest BCUT2D eigenvalue weighted by atomic mass is 10.1. The SMILES string of the molecule is Cc1ccc(-n2c(=S)[nH]c(C)c(CC(=O)O)c2=O)cc1. The summed E-state index contributed by atoms with van der Waals surface area (Å²) in [6.45, 7) is 3.59. The first-order chi connectivity index (χ1) is 9.40. The number of aromatic nitrogens is 2. The largest absolute Gasteiger partial charge is 0.481 e. The summed E-state index contributed by atoms with van der Waals surface area (Å²) in [6.07, 6.45) is -0.331. The van der Waals surface area contributed by atoms with E-state index in [1.165, 1.54) is 4.57 Å². The summed E-state index contributed by atoms with van der Waals surface area (Å²) in [7, 11) is 0. The van der Waals surface area contributed by atoms with Crippen molar-refractivity contribution >= 4 is 18.2 Å². The molecule has 20 heavy (non-hydrogen) atoms. The fourth-order valence-electron chi connectivity index (χ4n) is 1.97. The van der Waals surface area contributed by atoms with Gasteiger partial charge < -0.3 is 10.1 Å². The molecule has 0 unspecified atom stereocenters. The summed E-state index contributed by atoms with van der Waals surface area (Å²) in [6, 6.07) is 7.29. The molecule has 0 aliphatic carbocycles. The van der Waals surface area contributed by atoms with Crippen molar-refractivity contribution < 1.29 is 9.90 Å². The maximum Gasteiger partial charge on any atom is 0.308 e. The van der Waals surface area contributed by atoms with Crippen LogP contribution in [-0.2, 0) is 11.2 Å². The number of benzene rings is 1. The number of H-pyrrole nitrogens is 1. The Bertz CT molecular complexity index is 772. The molecule has 5 nitrogen and oxygen atoms in total. The number of aliphatic carboxylic acids is 1. The number of carbonyl (C=O) groups is 1. The molecular formula is C14H14N2O3S. The number of carboxylic acid groups (broad SMARTS) is 1. The molecule has 0 aliphatic heterocycles.